The van der Waals surface area contributed by atoms with Gasteiger partial charge in [0.25, 0.3) is 0 Å². The van der Waals surface area contributed by atoms with Gasteiger partial charge in [-0.3, -0.25) is 9.59 Å². The molecule has 4 rings (SSSR count). The van der Waals surface area contributed by atoms with E-state index in [1.807, 2.05) is 54.6 Å². The number of thiol groups is 1. The van der Waals surface area contributed by atoms with Crippen molar-refractivity contribution in [3.05, 3.63) is 95.8 Å². The molecule has 0 heterocycles. The number of benzene rings is 3. The smallest absolute Gasteiger partial charge is 0.152 e. The van der Waals surface area contributed by atoms with Gasteiger partial charge < -0.3 is 0 Å². The fourth-order valence-corrected chi connectivity index (χ4v) is 4.23. The van der Waals surface area contributed by atoms with Gasteiger partial charge in [0.1, 0.15) is 5.82 Å². The summed E-state index contributed by atoms with van der Waals surface area (Å²) in [5, 5.41) is 0.730. The summed E-state index contributed by atoms with van der Waals surface area (Å²) in [6.07, 6.45) is 8.35. The van der Waals surface area contributed by atoms with E-state index < -0.39 is 5.82 Å². The van der Waals surface area contributed by atoms with Gasteiger partial charge in [-0.25, -0.2) is 4.39 Å². The molecule has 0 aliphatic heterocycles. The Morgan fingerprint density at radius 1 is 0.742 bits per heavy atom. The molecule has 1 aliphatic rings. The zero-order valence-corrected chi connectivity index (χ0v) is 19.0. The molecule has 0 amide bonds. The van der Waals surface area contributed by atoms with Crippen LogP contribution in [0.5, 0.6) is 0 Å². The highest BCUT2D eigenvalue weighted by molar-refractivity contribution is 7.99. The average Bonchev–Trinajstić information content (AvgIpc) is 2.82. The molecule has 0 spiro atoms. The topological polar surface area (TPSA) is 34.1 Å². The van der Waals surface area contributed by atoms with E-state index in [2.05, 4.69) is 12.6 Å². The van der Waals surface area contributed by atoms with Crippen LogP contribution in [0.1, 0.15) is 52.8 Å². The Kier molecular flexibility index (Phi) is 11.7. The Hall–Kier alpha value is -2.37. The van der Waals surface area contributed by atoms with E-state index in [9.17, 15) is 14.0 Å². The molecule has 0 bridgehead atoms. The second-order valence-electron chi connectivity index (χ2n) is 7.00. The van der Waals surface area contributed by atoms with E-state index in [1.54, 1.807) is 23.9 Å². The van der Waals surface area contributed by atoms with Crippen LogP contribution in [0.3, 0.4) is 0 Å². The van der Waals surface area contributed by atoms with E-state index in [1.165, 1.54) is 44.2 Å². The van der Waals surface area contributed by atoms with Crippen molar-refractivity contribution in [3.63, 3.8) is 0 Å². The van der Waals surface area contributed by atoms with Crippen LogP contribution >= 0.6 is 24.4 Å². The number of rotatable bonds is 4. The van der Waals surface area contributed by atoms with Gasteiger partial charge in [0.05, 0.1) is 5.56 Å². The maximum Gasteiger partial charge on any atom is 0.152 e. The van der Waals surface area contributed by atoms with Crippen molar-refractivity contribution in [2.45, 2.75) is 47.1 Å². The SMILES string of the molecule is O=Cc1ccccc1F.O=Cc1ccccc1Sc1ccccc1.SC1CCCCC1. The van der Waals surface area contributed by atoms with Gasteiger partial charge in [0.2, 0.25) is 0 Å². The Morgan fingerprint density at radius 3 is 1.81 bits per heavy atom. The fraction of sp³-hybridized carbons (Fsp3) is 0.231. The lowest BCUT2D eigenvalue weighted by Gasteiger charge is -2.14. The van der Waals surface area contributed by atoms with Crippen LogP contribution in [0.4, 0.5) is 4.39 Å². The highest BCUT2D eigenvalue weighted by Gasteiger charge is 2.06. The summed E-state index contributed by atoms with van der Waals surface area (Å²) >= 11 is 5.97. The van der Waals surface area contributed by atoms with Crippen molar-refractivity contribution in [3.8, 4) is 0 Å². The summed E-state index contributed by atoms with van der Waals surface area (Å²) in [7, 11) is 0. The van der Waals surface area contributed by atoms with Crippen LogP contribution in [-0.4, -0.2) is 17.8 Å². The fourth-order valence-electron chi connectivity index (χ4n) is 2.94. The predicted octanol–water partition coefficient (Wildman–Crippen LogP) is 7.54. The Labute approximate surface area is 193 Å². The predicted molar refractivity (Wildman–Crippen MR) is 130 cm³/mol. The first-order valence-electron chi connectivity index (χ1n) is 10.3. The third-order valence-electron chi connectivity index (χ3n) is 4.62. The van der Waals surface area contributed by atoms with Crippen molar-refractivity contribution in [1.29, 1.82) is 0 Å². The van der Waals surface area contributed by atoms with Crippen LogP contribution < -0.4 is 0 Å². The quantitative estimate of drug-likeness (QED) is 0.327. The largest absolute Gasteiger partial charge is 0.298 e. The molecule has 0 atom stereocenters. The summed E-state index contributed by atoms with van der Waals surface area (Å²) in [5.41, 5.74) is 0.851. The Balaban J connectivity index is 0.000000181. The molecule has 0 saturated heterocycles. The zero-order valence-electron chi connectivity index (χ0n) is 17.3. The minimum atomic E-state index is -0.465. The Bertz CT molecular complexity index is 925. The number of carbonyl (C=O) groups is 2. The molecular weight excluding hydrogens is 427 g/mol. The molecule has 5 heteroatoms. The van der Waals surface area contributed by atoms with E-state index in [4.69, 9.17) is 0 Å². The molecule has 1 fully saturated rings. The first-order chi connectivity index (χ1) is 15.1. The summed E-state index contributed by atoms with van der Waals surface area (Å²) in [6, 6.07) is 23.5. The first-order valence-corrected chi connectivity index (χ1v) is 11.6. The van der Waals surface area contributed by atoms with Crippen LogP contribution in [-0.2, 0) is 0 Å². The van der Waals surface area contributed by atoms with Gasteiger partial charge in [0, 0.05) is 20.6 Å². The number of hydrogen-bond acceptors (Lipinski definition) is 4. The first kappa shape index (κ1) is 24.9. The monoisotopic (exact) mass is 454 g/mol. The van der Waals surface area contributed by atoms with E-state index in [-0.39, 0.29) is 5.56 Å². The normalized spacial score (nSPS) is 13.1. The molecular formula is C26H27FO2S2. The van der Waals surface area contributed by atoms with Crippen LogP contribution in [0.25, 0.3) is 0 Å². The maximum absolute atomic E-state index is 12.4. The van der Waals surface area contributed by atoms with E-state index in [0.717, 1.165) is 26.9 Å². The van der Waals surface area contributed by atoms with Crippen LogP contribution in [0, 0.1) is 5.82 Å². The van der Waals surface area contributed by atoms with Crippen molar-refractivity contribution in [2.24, 2.45) is 0 Å². The number of aldehydes is 2. The zero-order chi connectivity index (χ0) is 22.3. The van der Waals surface area contributed by atoms with Crippen LogP contribution in [0.15, 0.2) is 88.7 Å². The van der Waals surface area contributed by atoms with E-state index >= 15 is 0 Å². The number of halogens is 1. The third-order valence-corrected chi connectivity index (χ3v) is 6.24. The number of hydrogen-bond donors (Lipinski definition) is 1. The lowest BCUT2D eigenvalue weighted by molar-refractivity contribution is 0.111. The van der Waals surface area contributed by atoms with Crippen molar-refractivity contribution < 1.29 is 14.0 Å². The molecule has 3 aromatic rings. The summed E-state index contributed by atoms with van der Waals surface area (Å²) in [4.78, 5) is 22.9. The van der Waals surface area contributed by atoms with Gasteiger partial charge in [-0.2, -0.15) is 12.6 Å². The lowest BCUT2D eigenvalue weighted by atomic mass is 10.0. The second-order valence-corrected chi connectivity index (χ2v) is 8.85. The minimum Gasteiger partial charge on any atom is -0.298 e. The molecule has 31 heavy (non-hydrogen) atoms. The summed E-state index contributed by atoms with van der Waals surface area (Å²) in [5.74, 6) is -0.465. The van der Waals surface area contributed by atoms with Crippen molar-refractivity contribution in [1.82, 2.24) is 0 Å². The molecule has 1 saturated carbocycles. The van der Waals surface area contributed by atoms with Crippen molar-refractivity contribution in [2.75, 3.05) is 0 Å². The number of carbonyl (C=O) groups excluding carboxylic acids is 2. The average molecular weight is 455 g/mol. The molecule has 3 aromatic carbocycles. The molecule has 0 aromatic heterocycles. The maximum atomic E-state index is 12.4. The molecule has 2 nitrogen and oxygen atoms in total. The molecule has 1 aliphatic carbocycles. The standard InChI is InChI=1S/C13H10OS.C7H5FO.C6H12S/c14-10-11-6-4-5-9-13(11)15-12-7-2-1-3-8-12;8-7-4-2-1-3-6(7)5-9;7-6-4-2-1-3-5-6/h1-10H;1-5H;6-7H,1-5H2. The second kappa shape index (κ2) is 14.6. The Morgan fingerprint density at radius 2 is 1.29 bits per heavy atom. The lowest BCUT2D eigenvalue weighted by Crippen LogP contribution is -2.03. The summed E-state index contributed by atoms with van der Waals surface area (Å²) < 4.78 is 12.4. The molecule has 0 N–H and O–H groups in total. The van der Waals surface area contributed by atoms with Gasteiger partial charge in [-0.15, -0.1) is 0 Å². The molecule has 0 radical (unpaired) electrons. The van der Waals surface area contributed by atoms with Gasteiger partial charge in [-0.05, 0) is 43.2 Å². The molecule has 162 valence electrons. The van der Waals surface area contributed by atoms with Gasteiger partial charge in [0.15, 0.2) is 12.6 Å². The summed E-state index contributed by atoms with van der Waals surface area (Å²) in [6.45, 7) is 0. The highest BCUT2D eigenvalue weighted by Crippen LogP contribution is 2.29. The highest BCUT2D eigenvalue weighted by atomic mass is 32.2. The van der Waals surface area contributed by atoms with Crippen LogP contribution in [0.2, 0.25) is 0 Å². The third kappa shape index (κ3) is 9.53. The van der Waals surface area contributed by atoms with E-state index in [0.29, 0.717) is 6.29 Å². The molecule has 0 unspecified atom stereocenters. The van der Waals surface area contributed by atoms with Crippen molar-refractivity contribution >= 4 is 37.0 Å². The minimum absolute atomic E-state index is 0.109. The van der Waals surface area contributed by atoms with Gasteiger partial charge >= 0.3 is 0 Å². The van der Waals surface area contributed by atoms with Gasteiger partial charge in [-0.1, -0.05) is 79.6 Å².